The summed E-state index contributed by atoms with van der Waals surface area (Å²) in [6, 6.07) is 5.48. The molecule has 7 nitrogen and oxygen atoms in total. The number of carbonyl (C=O) groups is 2. The first-order valence-electron chi connectivity index (χ1n) is 16.7. The Bertz CT molecular complexity index is 1210. The monoisotopic (exact) mass is 595 g/mol. The number of thiophene rings is 1. The Hall–Kier alpha value is -2.19. The van der Waals surface area contributed by atoms with Gasteiger partial charge in [0.1, 0.15) is 5.82 Å². The van der Waals surface area contributed by atoms with Gasteiger partial charge in [0.25, 0.3) is 0 Å². The van der Waals surface area contributed by atoms with E-state index in [0.29, 0.717) is 18.6 Å². The van der Waals surface area contributed by atoms with Gasteiger partial charge in [0, 0.05) is 58.9 Å². The predicted octanol–water partition coefficient (Wildman–Crippen LogP) is 6.74. The van der Waals surface area contributed by atoms with Crippen molar-refractivity contribution < 1.29 is 9.59 Å². The second kappa shape index (κ2) is 14.1. The second-order valence-electron chi connectivity index (χ2n) is 13.3. The highest BCUT2D eigenvalue weighted by atomic mass is 32.1. The predicted molar refractivity (Wildman–Crippen MR) is 171 cm³/mol. The van der Waals surface area contributed by atoms with Crippen LogP contribution in [-0.4, -0.2) is 56.8 Å². The van der Waals surface area contributed by atoms with Crippen molar-refractivity contribution in [1.82, 2.24) is 24.7 Å². The van der Waals surface area contributed by atoms with E-state index in [1.165, 1.54) is 47.6 Å². The summed E-state index contributed by atoms with van der Waals surface area (Å²) in [5.41, 5.74) is 2.44. The number of amides is 2. The van der Waals surface area contributed by atoms with Crippen molar-refractivity contribution in [2.75, 3.05) is 19.6 Å². The number of rotatable bonds is 11. The SMILES string of the molecule is CC[C@@H](CC1CCCN1CC[C@H](NC(=O)C1CCCCC1)c1ccc(C)s1)n1c(C)nc2c1CCN(C(=O)C(C)C)C2. The molecule has 1 aliphatic carbocycles. The summed E-state index contributed by atoms with van der Waals surface area (Å²) in [6.45, 7) is 14.2. The van der Waals surface area contributed by atoms with Gasteiger partial charge in [-0.1, -0.05) is 40.0 Å². The zero-order chi connectivity index (χ0) is 29.8. The first-order chi connectivity index (χ1) is 20.2. The van der Waals surface area contributed by atoms with Crippen molar-refractivity contribution in [3.63, 3.8) is 0 Å². The molecule has 0 spiro atoms. The molecule has 1 saturated heterocycles. The van der Waals surface area contributed by atoms with Crippen molar-refractivity contribution in [3.8, 4) is 0 Å². The van der Waals surface area contributed by atoms with Gasteiger partial charge in [0.2, 0.25) is 11.8 Å². The van der Waals surface area contributed by atoms with Crippen LogP contribution < -0.4 is 5.32 Å². The summed E-state index contributed by atoms with van der Waals surface area (Å²) in [7, 11) is 0. The average molecular weight is 596 g/mol. The van der Waals surface area contributed by atoms with E-state index < -0.39 is 0 Å². The third-order valence-corrected chi connectivity index (χ3v) is 11.1. The minimum Gasteiger partial charge on any atom is -0.348 e. The Balaban J connectivity index is 1.24. The number of likely N-dealkylation sites (tertiary alicyclic amines) is 1. The number of carbonyl (C=O) groups excluding carboxylic acids is 2. The zero-order valence-electron chi connectivity index (χ0n) is 26.7. The Kier molecular flexibility index (Phi) is 10.5. The molecule has 3 atom stereocenters. The Labute approximate surface area is 257 Å². The number of hydrogen-bond donors (Lipinski definition) is 1. The lowest BCUT2D eigenvalue weighted by Gasteiger charge is -2.33. The first kappa shape index (κ1) is 31.2. The fraction of sp³-hybridized carbons (Fsp3) is 0.735. The molecule has 3 aliphatic rings. The molecule has 0 aromatic carbocycles. The minimum atomic E-state index is 0.0236. The van der Waals surface area contributed by atoms with Crippen LogP contribution in [0.1, 0.15) is 124 Å². The molecule has 5 rings (SSSR count). The summed E-state index contributed by atoms with van der Waals surface area (Å²) in [5.74, 6) is 1.80. The molecule has 42 heavy (non-hydrogen) atoms. The van der Waals surface area contributed by atoms with Gasteiger partial charge in [0.15, 0.2) is 0 Å². The van der Waals surface area contributed by atoms with Gasteiger partial charge in [-0.05, 0) is 77.5 Å². The number of aromatic nitrogens is 2. The Morgan fingerprint density at radius 2 is 1.86 bits per heavy atom. The highest BCUT2D eigenvalue weighted by molar-refractivity contribution is 7.12. The molecule has 1 unspecified atom stereocenters. The van der Waals surface area contributed by atoms with Crippen LogP contribution in [0.4, 0.5) is 0 Å². The van der Waals surface area contributed by atoms with Crippen molar-refractivity contribution in [2.45, 2.75) is 130 Å². The van der Waals surface area contributed by atoms with E-state index >= 15 is 0 Å². The average Bonchev–Trinajstić information content (AvgIpc) is 3.71. The van der Waals surface area contributed by atoms with Crippen LogP contribution in [0.3, 0.4) is 0 Å². The van der Waals surface area contributed by atoms with Gasteiger partial charge >= 0.3 is 0 Å². The van der Waals surface area contributed by atoms with Gasteiger partial charge in [-0.3, -0.25) is 9.59 Å². The summed E-state index contributed by atoms with van der Waals surface area (Å²) >= 11 is 1.83. The summed E-state index contributed by atoms with van der Waals surface area (Å²) in [6.07, 6.45) is 12.3. The molecule has 1 N–H and O–H groups in total. The molecule has 4 heterocycles. The van der Waals surface area contributed by atoms with E-state index in [0.717, 1.165) is 69.7 Å². The summed E-state index contributed by atoms with van der Waals surface area (Å²) in [4.78, 5) is 38.2. The normalized spacial score (nSPS) is 21.5. The lowest BCUT2D eigenvalue weighted by molar-refractivity contribution is -0.135. The molecule has 0 bridgehead atoms. The smallest absolute Gasteiger partial charge is 0.225 e. The lowest BCUT2D eigenvalue weighted by atomic mass is 9.88. The first-order valence-corrected chi connectivity index (χ1v) is 17.5. The van der Waals surface area contributed by atoms with Crippen LogP contribution in [0.5, 0.6) is 0 Å². The molecule has 8 heteroatoms. The molecule has 2 fully saturated rings. The van der Waals surface area contributed by atoms with Gasteiger partial charge < -0.3 is 19.7 Å². The Morgan fingerprint density at radius 1 is 1.07 bits per heavy atom. The van der Waals surface area contributed by atoms with E-state index in [1.807, 2.05) is 30.1 Å². The van der Waals surface area contributed by atoms with Gasteiger partial charge in [-0.2, -0.15) is 0 Å². The molecular weight excluding hydrogens is 542 g/mol. The molecule has 2 amide bonds. The van der Waals surface area contributed by atoms with Crippen LogP contribution in [0, 0.1) is 25.7 Å². The molecule has 2 aromatic rings. The number of fused-ring (bicyclic) bond motifs is 1. The highest BCUT2D eigenvalue weighted by Crippen LogP contribution is 2.34. The third-order valence-electron chi connectivity index (χ3n) is 10.0. The van der Waals surface area contributed by atoms with Crippen molar-refractivity contribution in [3.05, 3.63) is 39.1 Å². The maximum atomic E-state index is 13.3. The zero-order valence-corrected chi connectivity index (χ0v) is 27.5. The topological polar surface area (TPSA) is 70.5 Å². The molecule has 1 saturated carbocycles. The van der Waals surface area contributed by atoms with Crippen molar-refractivity contribution >= 4 is 23.2 Å². The quantitative estimate of drug-likeness (QED) is 0.313. The molecule has 2 aromatic heterocycles. The maximum Gasteiger partial charge on any atom is 0.225 e. The molecule has 0 radical (unpaired) electrons. The summed E-state index contributed by atoms with van der Waals surface area (Å²) < 4.78 is 2.52. The van der Waals surface area contributed by atoms with Crippen LogP contribution in [0.25, 0.3) is 0 Å². The van der Waals surface area contributed by atoms with Gasteiger partial charge in [-0.25, -0.2) is 4.98 Å². The number of aryl methyl sites for hydroxylation is 2. The standard InChI is InChI=1S/C34H53N5O2S/c1-6-27(39-25(5)35-30-22-38(20-17-31(30)39)34(41)23(2)3)21-28-13-10-18-37(28)19-16-29(32-15-14-24(4)42-32)36-33(40)26-11-8-7-9-12-26/h14-15,23,26-29H,6-13,16-22H2,1-5H3,(H,36,40)/t27-,28?,29-/m0/s1. The maximum absolute atomic E-state index is 13.3. The summed E-state index contributed by atoms with van der Waals surface area (Å²) in [5, 5.41) is 3.49. The van der Waals surface area contributed by atoms with Crippen molar-refractivity contribution in [2.24, 2.45) is 11.8 Å². The lowest BCUT2D eigenvalue weighted by Crippen LogP contribution is -2.39. The van der Waals surface area contributed by atoms with Crippen LogP contribution in [-0.2, 0) is 22.6 Å². The number of nitrogens with one attached hydrogen (secondary N) is 1. The van der Waals surface area contributed by atoms with Gasteiger partial charge in [0.05, 0.1) is 18.3 Å². The van der Waals surface area contributed by atoms with Crippen LogP contribution in [0.2, 0.25) is 0 Å². The van der Waals surface area contributed by atoms with E-state index in [1.54, 1.807) is 0 Å². The van der Waals surface area contributed by atoms with Crippen LogP contribution in [0.15, 0.2) is 12.1 Å². The fourth-order valence-electron chi connectivity index (χ4n) is 7.68. The minimum absolute atomic E-state index is 0.0236. The molecule has 232 valence electrons. The molecule has 2 aliphatic heterocycles. The fourth-order valence-corrected chi connectivity index (χ4v) is 8.64. The van der Waals surface area contributed by atoms with E-state index in [2.05, 4.69) is 47.7 Å². The van der Waals surface area contributed by atoms with Crippen molar-refractivity contribution in [1.29, 1.82) is 0 Å². The largest absolute Gasteiger partial charge is 0.348 e. The highest BCUT2D eigenvalue weighted by Gasteiger charge is 2.33. The number of hydrogen-bond acceptors (Lipinski definition) is 5. The third kappa shape index (κ3) is 7.12. The number of nitrogens with zero attached hydrogens (tertiary/aromatic N) is 4. The van der Waals surface area contributed by atoms with E-state index in [4.69, 9.17) is 4.98 Å². The second-order valence-corrected chi connectivity index (χ2v) is 14.7. The van der Waals surface area contributed by atoms with E-state index in [-0.39, 0.29) is 29.7 Å². The van der Waals surface area contributed by atoms with Gasteiger partial charge in [-0.15, -0.1) is 11.3 Å². The van der Waals surface area contributed by atoms with Crippen LogP contribution >= 0.6 is 11.3 Å². The molecular formula is C34H53N5O2S. The number of imidazole rings is 1. The van der Waals surface area contributed by atoms with E-state index in [9.17, 15) is 9.59 Å². The Morgan fingerprint density at radius 3 is 2.55 bits per heavy atom.